The fourth-order valence-electron chi connectivity index (χ4n) is 1.50. The molecule has 4 heteroatoms. The summed E-state index contributed by atoms with van der Waals surface area (Å²) in [5.74, 6) is 0.715. The Morgan fingerprint density at radius 3 is 2.60 bits per heavy atom. The zero-order valence-electron chi connectivity index (χ0n) is 8.53. The second kappa shape index (κ2) is 3.91. The maximum Gasteiger partial charge on any atom is 0.178 e. The molecule has 2 rings (SSSR count). The Kier molecular flexibility index (Phi) is 2.90. The van der Waals surface area contributed by atoms with E-state index in [1.807, 2.05) is 6.92 Å². The summed E-state index contributed by atoms with van der Waals surface area (Å²) in [7, 11) is -3.06. The van der Waals surface area contributed by atoms with Crippen LogP contribution >= 0.6 is 15.9 Å². The van der Waals surface area contributed by atoms with Gasteiger partial charge in [-0.2, -0.15) is 0 Å². The van der Waals surface area contributed by atoms with Gasteiger partial charge in [0.05, 0.1) is 10.6 Å². The Bertz CT molecular complexity index is 475. The van der Waals surface area contributed by atoms with E-state index >= 15 is 0 Å². The number of hydrogen-bond donors (Lipinski definition) is 0. The summed E-state index contributed by atoms with van der Waals surface area (Å²) in [5, 5.41) is 0. The Labute approximate surface area is 98.7 Å². The van der Waals surface area contributed by atoms with Crippen molar-refractivity contribution in [1.82, 2.24) is 0 Å². The molecule has 0 radical (unpaired) electrons. The van der Waals surface area contributed by atoms with Gasteiger partial charge in [-0.1, -0.05) is 15.9 Å². The van der Waals surface area contributed by atoms with Crippen molar-refractivity contribution >= 4 is 25.8 Å². The number of hydrogen-bond acceptors (Lipinski definition) is 2. The molecule has 1 saturated carbocycles. The van der Waals surface area contributed by atoms with Crippen LogP contribution in [0.2, 0.25) is 0 Å². The van der Waals surface area contributed by atoms with E-state index in [4.69, 9.17) is 0 Å². The monoisotopic (exact) mass is 288 g/mol. The second-order valence-electron chi connectivity index (χ2n) is 4.14. The van der Waals surface area contributed by atoms with E-state index in [0.29, 0.717) is 16.6 Å². The summed E-state index contributed by atoms with van der Waals surface area (Å²) in [5.41, 5.74) is 0.965. The van der Waals surface area contributed by atoms with E-state index in [2.05, 4.69) is 15.9 Å². The van der Waals surface area contributed by atoms with Crippen LogP contribution in [0.5, 0.6) is 0 Å². The van der Waals surface area contributed by atoms with Gasteiger partial charge in [-0.3, -0.25) is 0 Å². The van der Waals surface area contributed by atoms with Crippen molar-refractivity contribution in [3.8, 4) is 0 Å². The predicted molar refractivity (Wildman–Crippen MR) is 63.7 cm³/mol. The Balaban J connectivity index is 2.31. The topological polar surface area (TPSA) is 34.1 Å². The van der Waals surface area contributed by atoms with Gasteiger partial charge in [-0.15, -0.1) is 0 Å². The van der Waals surface area contributed by atoms with Crippen molar-refractivity contribution in [3.05, 3.63) is 28.2 Å². The molecule has 0 unspecified atom stereocenters. The summed E-state index contributed by atoms with van der Waals surface area (Å²) < 4.78 is 24.8. The first-order chi connectivity index (χ1) is 6.99. The molecule has 15 heavy (non-hydrogen) atoms. The number of benzene rings is 1. The van der Waals surface area contributed by atoms with E-state index < -0.39 is 9.84 Å². The van der Waals surface area contributed by atoms with Gasteiger partial charge >= 0.3 is 0 Å². The highest BCUT2D eigenvalue weighted by Crippen LogP contribution is 2.32. The van der Waals surface area contributed by atoms with Gasteiger partial charge in [-0.05, 0) is 49.4 Å². The third kappa shape index (κ3) is 2.61. The van der Waals surface area contributed by atoms with Crippen molar-refractivity contribution in [2.45, 2.75) is 24.7 Å². The van der Waals surface area contributed by atoms with Crippen LogP contribution in [-0.2, 0) is 9.84 Å². The smallest absolute Gasteiger partial charge is 0.178 e. The molecule has 0 saturated heterocycles. The molecule has 0 amide bonds. The SMILES string of the molecule is Cc1cc(S(=O)(=O)CC2CC2)ccc1Br. The number of halogens is 1. The van der Waals surface area contributed by atoms with Crippen LogP contribution < -0.4 is 0 Å². The Morgan fingerprint density at radius 1 is 1.40 bits per heavy atom. The van der Waals surface area contributed by atoms with Gasteiger partial charge in [0, 0.05) is 4.47 Å². The highest BCUT2D eigenvalue weighted by Gasteiger charge is 2.29. The normalized spacial score (nSPS) is 16.7. The molecule has 0 N–H and O–H groups in total. The van der Waals surface area contributed by atoms with Crippen molar-refractivity contribution in [2.75, 3.05) is 5.75 Å². The molecule has 0 aliphatic heterocycles. The zero-order valence-corrected chi connectivity index (χ0v) is 10.9. The first-order valence-electron chi connectivity index (χ1n) is 4.98. The molecule has 1 aliphatic rings. The first kappa shape index (κ1) is 11.1. The van der Waals surface area contributed by atoms with Gasteiger partial charge < -0.3 is 0 Å². The standard InChI is InChI=1S/C11H13BrO2S/c1-8-6-10(4-5-11(8)12)15(13,14)7-9-2-3-9/h4-6,9H,2-3,7H2,1H3. The molecule has 1 aromatic carbocycles. The molecular weight excluding hydrogens is 276 g/mol. The Hall–Kier alpha value is -0.350. The average molecular weight is 289 g/mol. The van der Waals surface area contributed by atoms with Crippen LogP contribution in [0, 0.1) is 12.8 Å². The lowest BCUT2D eigenvalue weighted by Gasteiger charge is -2.05. The van der Waals surface area contributed by atoms with Crippen LogP contribution in [0.15, 0.2) is 27.6 Å². The van der Waals surface area contributed by atoms with Gasteiger partial charge in [-0.25, -0.2) is 8.42 Å². The minimum Gasteiger partial charge on any atom is -0.224 e. The van der Waals surface area contributed by atoms with Gasteiger partial charge in [0.25, 0.3) is 0 Å². The molecule has 1 aromatic rings. The summed E-state index contributed by atoms with van der Waals surface area (Å²) in [6.45, 7) is 1.90. The number of aryl methyl sites for hydroxylation is 1. The van der Waals surface area contributed by atoms with E-state index in [9.17, 15) is 8.42 Å². The first-order valence-corrected chi connectivity index (χ1v) is 7.42. The molecule has 1 aliphatic carbocycles. The third-order valence-corrected chi connectivity index (χ3v) is 5.41. The van der Waals surface area contributed by atoms with Crippen molar-refractivity contribution < 1.29 is 8.42 Å². The number of sulfone groups is 1. The van der Waals surface area contributed by atoms with Crippen LogP contribution in [0.4, 0.5) is 0 Å². The number of rotatable bonds is 3. The predicted octanol–water partition coefficient (Wildman–Crippen LogP) is 2.94. The van der Waals surface area contributed by atoms with Gasteiger partial charge in [0.1, 0.15) is 0 Å². The zero-order chi connectivity index (χ0) is 11.1. The lowest BCUT2D eigenvalue weighted by molar-refractivity contribution is 0.592. The highest BCUT2D eigenvalue weighted by atomic mass is 79.9. The quantitative estimate of drug-likeness (QED) is 0.857. The molecule has 0 aromatic heterocycles. The van der Waals surface area contributed by atoms with E-state index in [1.165, 1.54) is 0 Å². The van der Waals surface area contributed by atoms with Gasteiger partial charge in [0.2, 0.25) is 0 Å². The third-order valence-electron chi connectivity index (χ3n) is 2.64. The molecule has 0 heterocycles. The van der Waals surface area contributed by atoms with Crippen molar-refractivity contribution in [1.29, 1.82) is 0 Å². The van der Waals surface area contributed by atoms with Crippen molar-refractivity contribution in [3.63, 3.8) is 0 Å². The van der Waals surface area contributed by atoms with Crippen LogP contribution in [0.3, 0.4) is 0 Å². The van der Waals surface area contributed by atoms with E-state index in [0.717, 1.165) is 22.9 Å². The molecule has 0 atom stereocenters. The molecule has 0 bridgehead atoms. The maximum absolute atomic E-state index is 11.9. The van der Waals surface area contributed by atoms with Gasteiger partial charge in [0.15, 0.2) is 9.84 Å². The molecule has 0 spiro atoms. The molecular formula is C11H13BrO2S. The summed E-state index contributed by atoms with van der Waals surface area (Å²) >= 11 is 3.36. The second-order valence-corrected chi connectivity index (χ2v) is 7.02. The fraction of sp³-hybridized carbons (Fsp3) is 0.455. The minimum atomic E-state index is -3.06. The fourth-order valence-corrected chi connectivity index (χ4v) is 3.53. The highest BCUT2D eigenvalue weighted by molar-refractivity contribution is 9.10. The molecule has 1 fully saturated rings. The van der Waals surface area contributed by atoms with Crippen LogP contribution in [0.1, 0.15) is 18.4 Å². The molecule has 2 nitrogen and oxygen atoms in total. The van der Waals surface area contributed by atoms with Crippen molar-refractivity contribution in [2.24, 2.45) is 5.92 Å². The minimum absolute atomic E-state index is 0.314. The van der Waals surface area contributed by atoms with E-state index in [1.54, 1.807) is 18.2 Å². The summed E-state index contributed by atoms with van der Waals surface area (Å²) in [4.78, 5) is 0.454. The van der Waals surface area contributed by atoms with E-state index in [-0.39, 0.29) is 0 Å². The average Bonchev–Trinajstić information content (AvgIpc) is 2.92. The maximum atomic E-state index is 11.9. The lowest BCUT2D eigenvalue weighted by atomic mass is 10.2. The van der Waals surface area contributed by atoms with Crippen LogP contribution in [-0.4, -0.2) is 14.2 Å². The largest absolute Gasteiger partial charge is 0.224 e. The van der Waals surface area contributed by atoms with Crippen LogP contribution in [0.25, 0.3) is 0 Å². The molecule has 82 valence electrons. The summed E-state index contributed by atoms with van der Waals surface area (Å²) in [6, 6.07) is 5.21. The lowest BCUT2D eigenvalue weighted by Crippen LogP contribution is -2.08. The Morgan fingerprint density at radius 2 is 2.07 bits per heavy atom. The summed E-state index contributed by atoms with van der Waals surface area (Å²) in [6.07, 6.45) is 2.13.